The lowest BCUT2D eigenvalue weighted by Crippen LogP contribution is -2.25. The Morgan fingerprint density at radius 2 is 1.87 bits per heavy atom. The molecule has 0 fully saturated rings. The first-order valence-corrected chi connectivity index (χ1v) is 10.2. The van der Waals surface area contributed by atoms with Crippen LogP contribution in [0.15, 0.2) is 28.9 Å². The minimum Gasteiger partial charge on any atom is -0.456 e. The summed E-state index contributed by atoms with van der Waals surface area (Å²) in [6.07, 6.45) is 1.67. The third-order valence-electron chi connectivity index (χ3n) is 4.33. The van der Waals surface area contributed by atoms with Crippen molar-refractivity contribution in [3.63, 3.8) is 0 Å². The molecule has 0 saturated heterocycles. The number of hydrogen-bond acceptors (Lipinski definition) is 7. The van der Waals surface area contributed by atoms with E-state index in [2.05, 4.69) is 20.1 Å². The summed E-state index contributed by atoms with van der Waals surface area (Å²) < 4.78 is 12.6. The van der Waals surface area contributed by atoms with Crippen LogP contribution >= 0.6 is 23.2 Å². The van der Waals surface area contributed by atoms with E-state index in [1.807, 2.05) is 0 Å². The number of carbonyl (C=O) groups is 1. The van der Waals surface area contributed by atoms with Crippen molar-refractivity contribution in [2.24, 2.45) is 0 Å². The highest BCUT2D eigenvalue weighted by Gasteiger charge is 2.28. The van der Waals surface area contributed by atoms with E-state index in [1.54, 1.807) is 63.4 Å². The Kier molecular flexibility index (Phi) is 5.23. The first-order valence-electron chi connectivity index (χ1n) is 9.42. The minimum atomic E-state index is -0.694. The number of imidazole rings is 1. The summed E-state index contributed by atoms with van der Waals surface area (Å²) in [6, 6.07) is 5.05. The van der Waals surface area contributed by atoms with Crippen molar-refractivity contribution in [1.29, 1.82) is 0 Å². The van der Waals surface area contributed by atoms with Crippen LogP contribution in [-0.2, 0) is 4.74 Å². The summed E-state index contributed by atoms with van der Waals surface area (Å²) in [7, 11) is 0. The molecule has 0 amide bonds. The average molecular weight is 460 g/mol. The first-order chi connectivity index (χ1) is 14.5. The molecule has 10 heteroatoms. The zero-order valence-corrected chi connectivity index (χ0v) is 19.0. The molecule has 0 aliphatic rings. The van der Waals surface area contributed by atoms with E-state index in [-0.39, 0.29) is 11.5 Å². The lowest BCUT2D eigenvalue weighted by molar-refractivity contribution is 0.00687. The molecule has 0 spiro atoms. The lowest BCUT2D eigenvalue weighted by atomic mass is 10.0. The van der Waals surface area contributed by atoms with Crippen LogP contribution in [0.1, 0.15) is 42.6 Å². The second kappa shape index (κ2) is 7.62. The van der Waals surface area contributed by atoms with Crippen LogP contribution in [0.4, 0.5) is 0 Å². The predicted molar refractivity (Wildman–Crippen MR) is 116 cm³/mol. The van der Waals surface area contributed by atoms with Crippen molar-refractivity contribution in [1.82, 2.24) is 24.5 Å². The van der Waals surface area contributed by atoms with Gasteiger partial charge in [-0.2, -0.15) is 4.98 Å². The smallest absolute Gasteiger partial charge is 0.342 e. The second-order valence-electron chi connectivity index (χ2n) is 7.99. The van der Waals surface area contributed by atoms with Gasteiger partial charge in [0.05, 0.1) is 16.4 Å². The molecule has 8 nitrogen and oxygen atoms in total. The molecule has 160 valence electrons. The number of nitrogens with zero attached hydrogens (tertiary/aromatic N) is 5. The molecular formula is C21H19Cl2N5O3. The van der Waals surface area contributed by atoms with Gasteiger partial charge in [0, 0.05) is 16.8 Å². The van der Waals surface area contributed by atoms with Gasteiger partial charge in [0.15, 0.2) is 5.82 Å². The normalized spacial score (nSPS) is 11.8. The van der Waals surface area contributed by atoms with Crippen molar-refractivity contribution < 1.29 is 14.1 Å². The third kappa shape index (κ3) is 4.13. The van der Waals surface area contributed by atoms with Gasteiger partial charge >= 0.3 is 5.97 Å². The summed E-state index contributed by atoms with van der Waals surface area (Å²) in [5, 5.41) is 4.65. The topological polar surface area (TPSA) is 95.4 Å². The number of rotatable bonds is 3. The molecule has 3 heterocycles. The van der Waals surface area contributed by atoms with Gasteiger partial charge in [0.1, 0.15) is 16.9 Å². The number of ether oxygens (including phenoxy) is 1. The van der Waals surface area contributed by atoms with Gasteiger partial charge in [-0.05, 0) is 52.8 Å². The van der Waals surface area contributed by atoms with E-state index in [0.29, 0.717) is 44.3 Å². The Bertz CT molecular complexity index is 1320. The standard InChI is InChI=1S/C21H19Cl2N5O3/c1-10-16(19(29)30-21(3,4)5)17(13-7-6-12(22)8-14(13)23)28-9-15(26-20(28)24-10)18-25-11(2)27-31-18/h6-9H,1-5H3. The predicted octanol–water partition coefficient (Wildman–Crippen LogP) is 5.33. The van der Waals surface area contributed by atoms with Gasteiger partial charge in [-0.1, -0.05) is 28.4 Å². The maximum absolute atomic E-state index is 13.2. The van der Waals surface area contributed by atoms with Crippen molar-refractivity contribution in [3.05, 3.63) is 51.5 Å². The highest BCUT2D eigenvalue weighted by atomic mass is 35.5. The Labute approximate surface area is 188 Å². The Morgan fingerprint density at radius 1 is 1.13 bits per heavy atom. The van der Waals surface area contributed by atoms with E-state index in [4.69, 9.17) is 32.5 Å². The highest BCUT2D eigenvalue weighted by Crippen LogP contribution is 2.35. The van der Waals surface area contributed by atoms with Crippen molar-refractivity contribution >= 4 is 34.9 Å². The van der Waals surface area contributed by atoms with Gasteiger partial charge in [-0.25, -0.2) is 14.8 Å². The quantitative estimate of drug-likeness (QED) is 0.382. The van der Waals surface area contributed by atoms with E-state index >= 15 is 0 Å². The number of carbonyl (C=O) groups excluding carboxylic acids is 1. The molecule has 3 aromatic heterocycles. The SMILES string of the molecule is Cc1noc(-c2cn3c(-c4ccc(Cl)cc4Cl)c(C(=O)OC(C)(C)C)c(C)nc3n2)n1. The molecule has 0 saturated carbocycles. The number of hydrogen-bond donors (Lipinski definition) is 0. The van der Waals surface area contributed by atoms with Crippen LogP contribution in [0.25, 0.3) is 28.6 Å². The van der Waals surface area contributed by atoms with E-state index in [1.165, 1.54) is 0 Å². The van der Waals surface area contributed by atoms with Crippen molar-refractivity contribution in [2.45, 2.75) is 40.2 Å². The van der Waals surface area contributed by atoms with Crippen LogP contribution in [-0.4, -0.2) is 36.1 Å². The molecule has 0 bridgehead atoms. The van der Waals surface area contributed by atoms with Crippen LogP contribution in [0.3, 0.4) is 0 Å². The molecular weight excluding hydrogens is 441 g/mol. The zero-order chi connectivity index (χ0) is 22.5. The van der Waals surface area contributed by atoms with Crippen LogP contribution in [0.2, 0.25) is 10.0 Å². The number of benzene rings is 1. The summed E-state index contributed by atoms with van der Waals surface area (Å²) >= 11 is 12.6. The molecule has 0 unspecified atom stereocenters. The fourth-order valence-electron chi connectivity index (χ4n) is 3.14. The van der Waals surface area contributed by atoms with Gasteiger partial charge in [0.25, 0.3) is 5.89 Å². The molecule has 1 aromatic carbocycles. The van der Waals surface area contributed by atoms with Gasteiger partial charge in [0.2, 0.25) is 5.78 Å². The summed E-state index contributed by atoms with van der Waals surface area (Å²) in [5.74, 6) is 0.542. The highest BCUT2D eigenvalue weighted by molar-refractivity contribution is 6.36. The summed E-state index contributed by atoms with van der Waals surface area (Å²) in [5.41, 5.74) is 1.50. The molecule has 4 rings (SSSR count). The van der Waals surface area contributed by atoms with Gasteiger partial charge in [-0.15, -0.1) is 0 Å². The Balaban J connectivity index is 2.03. The molecule has 0 N–H and O–H groups in total. The molecule has 0 atom stereocenters. The molecule has 31 heavy (non-hydrogen) atoms. The fourth-order valence-corrected chi connectivity index (χ4v) is 3.63. The molecule has 0 aliphatic carbocycles. The third-order valence-corrected chi connectivity index (χ3v) is 4.88. The first kappa shape index (κ1) is 21.3. The fraction of sp³-hybridized carbons (Fsp3) is 0.286. The van der Waals surface area contributed by atoms with Crippen LogP contribution < -0.4 is 0 Å². The number of esters is 1. The van der Waals surface area contributed by atoms with Crippen LogP contribution in [0, 0.1) is 13.8 Å². The van der Waals surface area contributed by atoms with E-state index in [0.717, 1.165) is 0 Å². The summed E-state index contributed by atoms with van der Waals surface area (Å²) in [6.45, 7) is 8.83. The number of aryl methyl sites for hydroxylation is 2. The lowest BCUT2D eigenvalue weighted by Gasteiger charge is -2.22. The molecule has 0 radical (unpaired) electrons. The van der Waals surface area contributed by atoms with Gasteiger partial charge < -0.3 is 9.26 Å². The monoisotopic (exact) mass is 459 g/mol. The van der Waals surface area contributed by atoms with Crippen molar-refractivity contribution in [2.75, 3.05) is 0 Å². The number of aromatic nitrogens is 5. The second-order valence-corrected chi connectivity index (χ2v) is 8.83. The maximum atomic E-state index is 13.2. The largest absolute Gasteiger partial charge is 0.456 e. The minimum absolute atomic E-state index is 0.243. The van der Waals surface area contributed by atoms with E-state index in [9.17, 15) is 4.79 Å². The van der Waals surface area contributed by atoms with Crippen molar-refractivity contribution in [3.8, 4) is 22.8 Å². The maximum Gasteiger partial charge on any atom is 0.342 e. The molecule has 4 aromatic rings. The molecule has 0 aliphatic heterocycles. The Morgan fingerprint density at radius 3 is 2.48 bits per heavy atom. The van der Waals surface area contributed by atoms with Crippen LogP contribution in [0.5, 0.6) is 0 Å². The summed E-state index contributed by atoms with van der Waals surface area (Å²) in [4.78, 5) is 26.4. The van der Waals surface area contributed by atoms with E-state index < -0.39 is 11.6 Å². The zero-order valence-electron chi connectivity index (χ0n) is 17.5. The number of fused-ring (bicyclic) bond motifs is 1. The van der Waals surface area contributed by atoms with Gasteiger partial charge in [-0.3, -0.25) is 4.40 Å². The Hall–Kier alpha value is -2.97. The average Bonchev–Trinajstić information content (AvgIpc) is 3.25. The number of halogens is 2.